The summed E-state index contributed by atoms with van der Waals surface area (Å²) in [6, 6.07) is 10.7. The smallest absolute Gasteiger partial charge is 0.322 e. The maximum Gasteiger partial charge on any atom is 0.322 e. The molecule has 1 aromatic heterocycles. The zero-order valence-electron chi connectivity index (χ0n) is 19.7. The third-order valence-electron chi connectivity index (χ3n) is 5.43. The molecule has 1 saturated heterocycles. The van der Waals surface area contributed by atoms with Gasteiger partial charge in [-0.25, -0.2) is 8.42 Å². The molecular formula is C23H26N4O7S. The number of methoxy groups -OCH3 is 2. The van der Waals surface area contributed by atoms with Gasteiger partial charge < -0.3 is 18.6 Å². The van der Waals surface area contributed by atoms with E-state index in [0.717, 1.165) is 0 Å². The highest BCUT2D eigenvalue weighted by atomic mass is 32.2. The van der Waals surface area contributed by atoms with Crippen LogP contribution >= 0.6 is 0 Å². The van der Waals surface area contributed by atoms with Gasteiger partial charge in [0, 0.05) is 18.7 Å². The van der Waals surface area contributed by atoms with Crippen LogP contribution in [0.4, 0.5) is 6.01 Å². The fraction of sp³-hybridized carbons (Fsp3) is 0.348. The normalized spacial score (nSPS) is 18.7. The zero-order valence-corrected chi connectivity index (χ0v) is 20.5. The average molecular weight is 503 g/mol. The third kappa shape index (κ3) is 5.14. The van der Waals surface area contributed by atoms with Crippen LogP contribution in [0, 0.1) is 0 Å². The second-order valence-corrected chi connectivity index (χ2v) is 9.95. The Morgan fingerprint density at radius 3 is 2.17 bits per heavy atom. The quantitative estimate of drug-likeness (QED) is 0.518. The summed E-state index contributed by atoms with van der Waals surface area (Å²) in [5.41, 5.74) is 0.675. The van der Waals surface area contributed by atoms with Crippen LogP contribution in [0.1, 0.15) is 24.2 Å². The topological polar surface area (TPSA) is 133 Å². The SMILES string of the molecule is COc1cccc(OC)c1-c1nnc(NC(=O)c2ccc(S(=O)(=O)N3CC(C)OC(C)C3)cc2)o1. The number of hydrogen-bond donors (Lipinski definition) is 1. The first-order valence-electron chi connectivity index (χ1n) is 10.8. The summed E-state index contributed by atoms with van der Waals surface area (Å²) in [5.74, 6) is 0.494. The largest absolute Gasteiger partial charge is 0.496 e. The van der Waals surface area contributed by atoms with Crippen molar-refractivity contribution < 1.29 is 31.8 Å². The number of benzene rings is 2. The number of morpholine rings is 1. The van der Waals surface area contributed by atoms with Crippen molar-refractivity contribution in [3.8, 4) is 23.0 Å². The highest BCUT2D eigenvalue weighted by Gasteiger charge is 2.32. The molecule has 11 nitrogen and oxygen atoms in total. The zero-order chi connectivity index (χ0) is 25.2. The Hall–Kier alpha value is -3.48. The minimum atomic E-state index is -3.71. The highest BCUT2D eigenvalue weighted by Crippen LogP contribution is 2.37. The number of aromatic nitrogens is 2. The van der Waals surface area contributed by atoms with Crippen LogP contribution in [0.5, 0.6) is 11.5 Å². The molecule has 2 heterocycles. The molecule has 35 heavy (non-hydrogen) atoms. The number of carbonyl (C=O) groups excluding carboxylic acids is 1. The van der Waals surface area contributed by atoms with Crippen LogP contribution in [-0.4, -0.2) is 68.3 Å². The number of sulfonamides is 1. The molecule has 0 aliphatic carbocycles. The molecule has 4 rings (SSSR count). The molecule has 12 heteroatoms. The van der Waals surface area contributed by atoms with E-state index in [0.29, 0.717) is 17.1 Å². The van der Waals surface area contributed by atoms with Crippen LogP contribution in [0.2, 0.25) is 0 Å². The number of carbonyl (C=O) groups is 1. The third-order valence-corrected chi connectivity index (χ3v) is 7.27. The standard InChI is InChI=1S/C23H26N4O7S/c1-14-12-27(13-15(2)33-14)35(29,30)17-10-8-16(9-11-17)21(28)24-23-26-25-22(34-23)20-18(31-3)6-5-7-19(20)32-4/h5-11,14-15H,12-13H2,1-4H3,(H,24,26,28). The summed E-state index contributed by atoms with van der Waals surface area (Å²) >= 11 is 0. The van der Waals surface area contributed by atoms with E-state index in [1.807, 2.05) is 13.8 Å². The number of nitrogens with zero attached hydrogens (tertiary/aromatic N) is 3. The number of amides is 1. The maximum absolute atomic E-state index is 13.0. The minimum absolute atomic E-state index is 0.0960. The molecule has 1 aliphatic heterocycles. The molecule has 0 radical (unpaired) electrons. The predicted molar refractivity (Wildman–Crippen MR) is 126 cm³/mol. The van der Waals surface area contributed by atoms with Crippen LogP contribution in [0.3, 0.4) is 0 Å². The first-order valence-corrected chi connectivity index (χ1v) is 12.3. The van der Waals surface area contributed by atoms with Crippen molar-refractivity contribution >= 4 is 21.9 Å². The van der Waals surface area contributed by atoms with E-state index in [2.05, 4.69) is 15.5 Å². The van der Waals surface area contributed by atoms with Crippen LogP contribution in [0.15, 0.2) is 51.8 Å². The van der Waals surface area contributed by atoms with E-state index in [9.17, 15) is 13.2 Å². The van der Waals surface area contributed by atoms with Crippen molar-refractivity contribution in [2.75, 3.05) is 32.6 Å². The molecule has 1 aliphatic rings. The molecule has 0 spiro atoms. The Kier molecular flexibility index (Phi) is 7.05. The van der Waals surface area contributed by atoms with Gasteiger partial charge in [0.15, 0.2) is 0 Å². The molecule has 2 unspecified atom stereocenters. The number of ether oxygens (including phenoxy) is 3. The summed E-state index contributed by atoms with van der Waals surface area (Å²) in [4.78, 5) is 12.8. The highest BCUT2D eigenvalue weighted by molar-refractivity contribution is 7.89. The van der Waals surface area contributed by atoms with Crippen LogP contribution in [0.25, 0.3) is 11.5 Å². The van der Waals surface area contributed by atoms with Gasteiger partial charge in [0.1, 0.15) is 17.1 Å². The Morgan fingerprint density at radius 1 is 1.00 bits per heavy atom. The molecule has 1 N–H and O–H groups in total. The fourth-order valence-electron chi connectivity index (χ4n) is 3.86. The van der Waals surface area contributed by atoms with Gasteiger partial charge in [0.05, 0.1) is 31.3 Å². The minimum Gasteiger partial charge on any atom is -0.496 e. The predicted octanol–water partition coefficient (Wildman–Crippen LogP) is 2.80. The van der Waals surface area contributed by atoms with E-state index >= 15 is 0 Å². The van der Waals surface area contributed by atoms with Gasteiger partial charge in [-0.1, -0.05) is 11.2 Å². The summed E-state index contributed by atoms with van der Waals surface area (Å²) < 4.78 is 49.3. The molecule has 3 aromatic rings. The maximum atomic E-state index is 13.0. The molecule has 2 aromatic carbocycles. The lowest BCUT2D eigenvalue weighted by atomic mass is 10.2. The number of rotatable bonds is 7. The fourth-order valence-corrected chi connectivity index (χ4v) is 5.45. The summed E-state index contributed by atoms with van der Waals surface area (Å²) in [6.07, 6.45) is -0.401. The number of hydrogen-bond acceptors (Lipinski definition) is 9. The van der Waals surface area contributed by atoms with Gasteiger partial charge >= 0.3 is 6.01 Å². The lowest BCUT2D eigenvalue weighted by Crippen LogP contribution is -2.48. The van der Waals surface area contributed by atoms with E-state index in [1.54, 1.807) is 18.2 Å². The van der Waals surface area contributed by atoms with E-state index in [-0.39, 0.29) is 47.7 Å². The molecule has 0 saturated carbocycles. The average Bonchev–Trinajstić information content (AvgIpc) is 3.30. The number of nitrogens with one attached hydrogen (secondary N) is 1. The Labute approximate surface area is 203 Å². The van der Waals surface area contributed by atoms with Crippen molar-refractivity contribution in [2.45, 2.75) is 31.0 Å². The van der Waals surface area contributed by atoms with Crippen LogP contribution in [-0.2, 0) is 14.8 Å². The summed E-state index contributed by atoms with van der Waals surface area (Å²) in [5, 5.41) is 10.4. The monoisotopic (exact) mass is 502 g/mol. The Balaban J connectivity index is 1.49. The second kappa shape index (κ2) is 10.0. The molecule has 1 amide bonds. The van der Waals surface area contributed by atoms with Gasteiger partial charge in [-0.15, -0.1) is 5.10 Å². The van der Waals surface area contributed by atoms with Crippen molar-refractivity contribution in [3.05, 3.63) is 48.0 Å². The van der Waals surface area contributed by atoms with Crippen molar-refractivity contribution in [2.24, 2.45) is 0 Å². The van der Waals surface area contributed by atoms with E-state index < -0.39 is 15.9 Å². The lowest BCUT2D eigenvalue weighted by molar-refractivity contribution is -0.0440. The second-order valence-electron chi connectivity index (χ2n) is 8.01. The molecule has 186 valence electrons. The van der Waals surface area contributed by atoms with Gasteiger partial charge in [-0.2, -0.15) is 4.31 Å². The first kappa shape index (κ1) is 24.6. The first-order chi connectivity index (χ1) is 16.7. The van der Waals surface area contributed by atoms with Gasteiger partial charge in [-0.05, 0) is 50.2 Å². The molecule has 1 fully saturated rings. The van der Waals surface area contributed by atoms with Crippen molar-refractivity contribution in [1.29, 1.82) is 0 Å². The summed E-state index contributed by atoms with van der Waals surface area (Å²) in [7, 11) is -0.710. The van der Waals surface area contributed by atoms with Crippen molar-refractivity contribution in [1.82, 2.24) is 14.5 Å². The summed E-state index contributed by atoms with van der Waals surface area (Å²) in [6.45, 7) is 4.20. The Bertz CT molecular complexity index is 1280. The number of anilines is 1. The van der Waals surface area contributed by atoms with E-state index in [1.165, 1.54) is 42.8 Å². The van der Waals surface area contributed by atoms with Gasteiger partial charge in [-0.3, -0.25) is 10.1 Å². The molecule has 0 bridgehead atoms. The Morgan fingerprint density at radius 2 is 1.60 bits per heavy atom. The van der Waals surface area contributed by atoms with Gasteiger partial charge in [0.2, 0.25) is 10.0 Å². The van der Waals surface area contributed by atoms with Gasteiger partial charge in [0.25, 0.3) is 11.8 Å². The van der Waals surface area contributed by atoms with Crippen molar-refractivity contribution in [3.63, 3.8) is 0 Å². The van der Waals surface area contributed by atoms with E-state index in [4.69, 9.17) is 18.6 Å². The van der Waals surface area contributed by atoms with Crippen LogP contribution < -0.4 is 14.8 Å². The molecule has 2 atom stereocenters. The molecular weight excluding hydrogens is 476 g/mol. The lowest BCUT2D eigenvalue weighted by Gasteiger charge is -2.34.